The highest BCUT2D eigenvalue weighted by Gasteiger charge is 2.37. The molecule has 3 aromatic carbocycles. The number of benzene rings is 3. The molecule has 172 valence electrons. The highest BCUT2D eigenvalue weighted by Crippen LogP contribution is 2.38. The molecular formula is C25H25ClN2O4S. The number of fused-ring (bicyclic) bond motifs is 1. The Bertz CT molecular complexity index is 1250. The third kappa shape index (κ3) is 4.99. The molecule has 1 N–H and O–H groups in total. The third-order valence-electron chi connectivity index (χ3n) is 5.64. The lowest BCUT2D eigenvalue weighted by atomic mass is 10.0. The fraction of sp³-hybridized carbons (Fsp3) is 0.240. The summed E-state index contributed by atoms with van der Waals surface area (Å²) in [6.45, 7) is 4.15. The highest BCUT2D eigenvalue weighted by molar-refractivity contribution is 7.92. The molecule has 1 aliphatic heterocycles. The number of ether oxygens (including phenoxy) is 1. The molecular weight excluding hydrogens is 460 g/mol. The third-order valence-corrected chi connectivity index (χ3v) is 7.67. The molecule has 0 spiro atoms. The first-order valence-electron chi connectivity index (χ1n) is 10.6. The van der Waals surface area contributed by atoms with Crippen LogP contribution < -0.4 is 14.4 Å². The molecule has 0 radical (unpaired) electrons. The van der Waals surface area contributed by atoms with Crippen LogP contribution in [0.1, 0.15) is 24.0 Å². The fourth-order valence-electron chi connectivity index (χ4n) is 3.69. The van der Waals surface area contributed by atoms with E-state index in [1.165, 1.54) is 10.4 Å². The van der Waals surface area contributed by atoms with E-state index in [-0.39, 0.29) is 29.0 Å². The Kier molecular flexibility index (Phi) is 6.63. The predicted molar refractivity (Wildman–Crippen MR) is 129 cm³/mol. The first kappa shape index (κ1) is 23.1. The number of sulfonamides is 1. The van der Waals surface area contributed by atoms with Crippen LogP contribution in [0, 0.1) is 6.92 Å². The molecule has 0 saturated carbocycles. The summed E-state index contributed by atoms with van der Waals surface area (Å²) < 4.78 is 34.1. The molecule has 0 aromatic heterocycles. The van der Waals surface area contributed by atoms with Gasteiger partial charge in [-0.15, -0.1) is 0 Å². The Balaban J connectivity index is 1.58. The molecule has 1 aliphatic rings. The van der Waals surface area contributed by atoms with Gasteiger partial charge in [-0.25, -0.2) is 8.42 Å². The number of aryl methyl sites for hydroxylation is 1. The molecule has 1 heterocycles. The van der Waals surface area contributed by atoms with Crippen LogP contribution in [0.25, 0.3) is 0 Å². The largest absolute Gasteiger partial charge is 0.476 e. The van der Waals surface area contributed by atoms with Crippen molar-refractivity contribution in [2.75, 3.05) is 17.4 Å². The number of carbonyl (C=O) groups excluding carboxylic acids is 1. The fourth-order valence-corrected chi connectivity index (χ4v) is 5.33. The van der Waals surface area contributed by atoms with Gasteiger partial charge in [-0.1, -0.05) is 66.6 Å². The summed E-state index contributed by atoms with van der Waals surface area (Å²) in [6.07, 6.45) is -0.998. The van der Waals surface area contributed by atoms with Crippen molar-refractivity contribution in [3.05, 3.63) is 88.9 Å². The van der Waals surface area contributed by atoms with E-state index in [1.54, 1.807) is 36.4 Å². The van der Waals surface area contributed by atoms with Crippen LogP contribution >= 0.6 is 11.6 Å². The van der Waals surface area contributed by atoms with Crippen LogP contribution in [0.2, 0.25) is 5.02 Å². The van der Waals surface area contributed by atoms with E-state index in [0.717, 1.165) is 11.1 Å². The minimum Gasteiger partial charge on any atom is -0.476 e. The van der Waals surface area contributed by atoms with E-state index >= 15 is 0 Å². The molecule has 2 unspecified atom stereocenters. The van der Waals surface area contributed by atoms with Crippen molar-refractivity contribution >= 4 is 33.2 Å². The second-order valence-corrected chi connectivity index (χ2v) is 10.4. The molecule has 2 atom stereocenters. The van der Waals surface area contributed by atoms with Crippen LogP contribution in [0.4, 0.5) is 5.69 Å². The highest BCUT2D eigenvalue weighted by atomic mass is 35.5. The zero-order valence-corrected chi connectivity index (χ0v) is 19.9. The molecule has 1 amide bonds. The smallest absolute Gasteiger partial charge is 0.264 e. The van der Waals surface area contributed by atoms with Crippen molar-refractivity contribution in [2.24, 2.45) is 0 Å². The molecule has 0 saturated heterocycles. The van der Waals surface area contributed by atoms with Gasteiger partial charge >= 0.3 is 0 Å². The molecule has 8 heteroatoms. The van der Waals surface area contributed by atoms with E-state index in [0.29, 0.717) is 17.3 Å². The van der Waals surface area contributed by atoms with E-state index in [9.17, 15) is 13.2 Å². The minimum absolute atomic E-state index is 0.0947. The van der Waals surface area contributed by atoms with Crippen LogP contribution in [0.5, 0.6) is 5.75 Å². The molecule has 33 heavy (non-hydrogen) atoms. The number of hydrogen-bond donors (Lipinski definition) is 1. The van der Waals surface area contributed by atoms with Crippen LogP contribution in [0.3, 0.4) is 0 Å². The van der Waals surface area contributed by atoms with Gasteiger partial charge in [0.05, 0.1) is 17.1 Å². The van der Waals surface area contributed by atoms with Gasteiger partial charge < -0.3 is 10.1 Å². The minimum atomic E-state index is -3.93. The molecule has 6 nitrogen and oxygen atoms in total. The Morgan fingerprint density at radius 1 is 1.12 bits per heavy atom. The van der Waals surface area contributed by atoms with Crippen molar-refractivity contribution in [3.63, 3.8) is 0 Å². The lowest BCUT2D eigenvalue weighted by molar-refractivity contribution is -0.127. The number of amides is 1. The Labute approximate surface area is 199 Å². The summed E-state index contributed by atoms with van der Waals surface area (Å²) in [5.74, 6) is 0.0114. The maximum absolute atomic E-state index is 13.5. The number of rotatable bonds is 6. The van der Waals surface area contributed by atoms with Gasteiger partial charge in [-0.05, 0) is 48.7 Å². The van der Waals surface area contributed by atoms with Crippen molar-refractivity contribution < 1.29 is 17.9 Å². The lowest BCUT2D eigenvalue weighted by Gasteiger charge is -2.35. The van der Waals surface area contributed by atoms with E-state index < -0.39 is 16.1 Å². The lowest BCUT2D eigenvalue weighted by Crippen LogP contribution is -2.51. The molecule has 0 aliphatic carbocycles. The van der Waals surface area contributed by atoms with Crippen molar-refractivity contribution in [1.82, 2.24) is 5.32 Å². The Morgan fingerprint density at radius 2 is 1.82 bits per heavy atom. The van der Waals surface area contributed by atoms with Gasteiger partial charge in [0.2, 0.25) is 0 Å². The number of anilines is 1. The van der Waals surface area contributed by atoms with Gasteiger partial charge in [0.25, 0.3) is 15.9 Å². The number of hydrogen-bond acceptors (Lipinski definition) is 4. The topological polar surface area (TPSA) is 75.7 Å². The monoisotopic (exact) mass is 484 g/mol. The second-order valence-electron chi connectivity index (χ2n) is 8.12. The average Bonchev–Trinajstić information content (AvgIpc) is 2.82. The summed E-state index contributed by atoms with van der Waals surface area (Å²) in [5.41, 5.74) is 2.36. The molecule has 0 fully saturated rings. The summed E-state index contributed by atoms with van der Waals surface area (Å²) in [4.78, 5) is 13.1. The van der Waals surface area contributed by atoms with Crippen LogP contribution in [-0.4, -0.2) is 33.5 Å². The molecule has 4 rings (SSSR count). The SMILES string of the molecule is Cc1ccc(S(=O)(=O)N2CC(C(=O)NCC(C)c3ccccc3)Oc3ccc(Cl)cc32)cc1. The summed E-state index contributed by atoms with van der Waals surface area (Å²) in [7, 11) is -3.93. The maximum atomic E-state index is 13.5. The summed E-state index contributed by atoms with van der Waals surface area (Å²) in [6, 6.07) is 21.2. The summed E-state index contributed by atoms with van der Waals surface area (Å²) >= 11 is 6.14. The predicted octanol–water partition coefficient (Wildman–Crippen LogP) is 4.52. The first-order chi connectivity index (χ1) is 15.8. The number of halogens is 1. The van der Waals surface area contributed by atoms with Gasteiger partial charge in [0.15, 0.2) is 6.10 Å². The van der Waals surface area contributed by atoms with Crippen molar-refractivity contribution in [1.29, 1.82) is 0 Å². The zero-order chi connectivity index (χ0) is 23.6. The number of carbonyl (C=O) groups is 1. The second kappa shape index (κ2) is 9.45. The Morgan fingerprint density at radius 3 is 2.52 bits per heavy atom. The first-order valence-corrected chi connectivity index (χ1v) is 12.5. The van der Waals surface area contributed by atoms with Gasteiger partial charge in [-0.3, -0.25) is 9.10 Å². The van der Waals surface area contributed by atoms with Crippen LogP contribution in [0.15, 0.2) is 77.7 Å². The van der Waals surface area contributed by atoms with E-state index in [2.05, 4.69) is 5.32 Å². The maximum Gasteiger partial charge on any atom is 0.264 e. The summed E-state index contributed by atoms with van der Waals surface area (Å²) in [5, 5.41) is 3.28. The molecule has 0 bridgehead atoms. The van der Waals surface area contributed by atoms with E-state index in [4.69, 9.17) is 16.3 Å². The van der Waals surface area contributed by atoms with Crippen LogP contribution in [-0.2, 0) is 14.8 Å². The molecule has 3 aromatic rings. The van der Waals surface area contributed by atoms with E-state index in [1.807, 2.05) is 44.2 Å². The van der Waals surface area contributed by atoms with Gasteiger partial charge in [0.1, 0.15) is 5.75 Å². The normalized spacial score (nSPS) is 16.5. The van der Waals surface area contributed by atoms with Crippen molar-refractivity contribution in [3.8, 4) is 5.75 Å². The van der Waals surface area contributed by atoms with Crippen molar-refractivity contribution in [2.45, 2.75) is 30.8 Å². The van der Waals surface area contributed by atoms with Gasteiger partial charge in [0, 0.05) is 11.6 Å². The zero-order valence-electron chi connectivity index (χ0n) is 18.4. The quantitative estimate of drug-likeness (QED) is 0.558. The van der Waals surface area contributed by atoms with Gasteiger partial charge in [-0.2, -0.15) is 0 Å². The Hall–Kier alpha value is -3.03. The average molecular weight is 485 g/mol. The number of nitrogens with zero attached hydrogens (tertiary/aromatic N) is 1. The standard InChI is InChI=1S/C25H25ClN2O4S/c1-17-8-11-21(12-9-17)33(30,31)28-16-24(32-23-13-10-20(26)14-22(23)28)25(29)27-15-18(2)19-6-4-3-5-7-19/h3-14,18,24H,15-16H2,1-2H3,(H,27,29). The number of nitrogens with one attached hydrogen (secondary N) is 1.